The molecule has 2 aromatic carbocycles. The molecular formula is C24H28N8O. The lowest BCUT2D eigenvalue weighted by atomic mass is 9.91. The van der Waals surface area contributed by atoms with Gasteiger partial charge in [0.25, 0.3) is 5.91 Å². The first-order valence-electron chi connectivity index (χ1n) is 11.0. The number of hydrogen-bond donors (Lipinski definition) is 6. The van der Waals surface area contributed by atoms with E-state index in [4.69, 9.17) is 16.9 Å². The van der Waals surface area contributed by atoms with Crippen molar-refractivity contribution in [3.63, 3.8) is 0 Å². The van der Waals surface area contributed by atoms with Crippen LogP contribution in [0.15, 0.2) is 54.7 Å². The Kier molecular flexibility index (Phi) is 6.80. The molecule has 9 heteroatoms. The van der Waals surface area contributed by atoms with E-state index in [0.29, 0.717) is 17.5 Å². The number of nitrogens with two attached hydrogens (primary N) is 2. The topological polar surface area (TPSA) is 155 Å². The summed E-state index contributed by atoms with van der Waals surface area (Å²) in [6.07, 6.45) is 6.88. The van der Waals surface area contributed by atoms with Crippen molar-refractivity contribution in [1.82, 2.24) is 9.97 Å². The highest BCUT2D eigenvalue weighted by atomic mass is 16.1. The fraction of sp³-hybridized carbons (Fsp3) is 0.250. The number of nitrogens with one attached hydrogen (secondary N) is 4. The molecule has 0 spiro atoms. The predicted octanol–water partition coefficient (Wildman–Crippen LogP) is 3.74. The van der Waals surface area contributed by atoms with Crippen molar-refractivity contribution in [2.75, 3.05) is 16.0 Å². The monoisotopic (exact) mass is 444 g/mol. The fourth-order valence-electron chi connectivity index (χ4n) is 3.94. The number of para-hydroxylation sites is 1. The van der Waals surface area contributed by atoms with Crippen molar-refractivity contribution < 1.29 is 4.79 Å². The Balaban J connectivity index is 1.56. The number of aromatic nitrogens is 2. The third-order valence-electron chi connectivity index (χ3n) is 5.71. The van der Waals surface area contributed by atoms with Crippen molar-refractivity contribution in [3.8, 4) is 0 Å². The average Bonchev–Trinajstić information content (AvgIpc) is 2.81. The molecule has 0 aliphatic heterocycles. The van der Waals surface area contributed by atoms with Gasteiger partial charge < -0.3 is 32.8 Å². The minimum atomic E-state index is -0.618. The lowest BCUT2D eigenvalue weighted by Crippen LogP contribution is -2.43. The summed E-state index contributed by atoms with van der Waals surface area (Å²) in [5, 5.41) is 17.4. The van der Waals surface area contributed by atoms with E-state index in [-0.39, 0.29) is 17.6 Å². The average molecular weight is 445 g/mol. The normalized spacial score (nSPS) is 17.7. The number of hydrogen-bond acceptors (Lipinski definition) is 8. The third kappa shape index (κ3) is 5.45. The molecule has 1 amide bonds. The van der Waals surface area contributed by atoms with Crippen LogP contribution in [0.5, 0.6) is 0 Å². The van der Waals surface area contributed by atoms with E-state index in [1.807, 2.05) is 48.5 Å². The Morgan fingerprint density at radius 2 is 1.82 bits per heavy atom. The zero-order valence-electron chi connectivity index (χ0n) is 18.2. The zero-order chi connectivity index (χ0) is 23.2. The number of carbonyl (C=O) groups excluding carboxylic acids is 1. The molecule has 1 fully saturated rings. The SMILES string of the molecule is N=Cc1ccccc1Nc1cccc(Nc2nc(N[C@@H]3CCCC[C@@H]3N)ncc2C(N)=O)c1. The molecule has 4 rings (SSSR count). The molecule has 0 radical (unpaired) electrons. The molecule has 1 aromatic heterocycles. The summed E-state index contributed by atoms with van der Waals surface area (Å²) in [6, 6.07) is 15.2. The maximum Gasteiger partial charge on any atom is 0.254 e. The molecule has 0 bridgehead atoms. The van der Waals surface area contributed by atoms with Gasteiger partial charge in [0.1, 0.15) is 11.4 Å². The van der Waals surface area contributed by atoms with Gasteiger partial charge in [-0.1, -0.05) is 37.1 Å². The highest BCUT2D eigenvalue weighted by Gasteiger charge is 2.23. The van der Waals surface area contributed by atoms with Crippen LogP contribution in [-0.4, -0.2) is 34.2 Å². The number of amides is 1. The summed E-state index contributed by atoms with van der Waals surface area (Å²) in [6.45, 7) is 0. The second-order valence-corrected chi connectivity index (χ2v) is 8.08. The van der Waals surface area contributed by atoms with Gasteiger partial charge in [-0.2, -0.15) is 4.98 Å². The van der Waals surface area contributed by atoms with Crippen LogP contribution in [0, 0.1) is 5.41 Å². The molecule has 0 saturated heterocycles. The summed E-state index contributed by atoms with van der Waals surface area (Å²) in [5.74, 6) is 0.105. The van der Waals surface area contributed by atoms with Gasteiger partial charge in [-0.15, -0.1) is 0 Å². The van der Waals surface area contributed by atoms with Crippen LogP contribution < -0.4 is 27.4 Å². The predicted molar refractivity (Wildman–Crippen MR) is 132 cm³/mol. The van der Waals surface area contributed by atoms with Crippen molar-refractivity contribution in [3.05, 3.63) is 65.9 Å². The highest BCUT2D eigenvalue weighted by molar-refractivity contribution is 5.98. The van der Waals surface area contributed by atoms with E-state index in [2.05, 4.69) is 25.9 Å². The standard InChI is InChI=1S/C24H28N8O/c25-13-15-6-1-3-10-20(15)29-16-7-5-8-17(12-16)30-23-18(22(27)33)14-28-24(32-23)31-21-11-4-2-9-19(21)26/h1,3,5-8,10,12-14,19,21,25,29H,2,4,9,11,26H2,(H2,27,33)(H2,28,30,31,32)/t19-,21+/m0/s1. The minimum absolute atomic E-state index is 0.0428. The van der Waals surface area contributed by atoms with Gasteiger partial charge in [-0.3, -0.25) is 4.79 Å². The second-order valence-electron chi connectivity index (χ2n) is 8.08. The lowest BCUT2D eigenvalue weighted by molar-refractivity contribution is 0.100. The molecule has 9 nitrogen and oxygen atoms in total. The molecule has 33 heavy (non-hydrogen) atoms. The summed E-state index contributed by atoms with van der Waals surface area (Å²) < 4.78 is 0. The molecule has 1 aliphatic carbocycles. The first-order valence-corrected chi connectivity index (χ1v) is 11.0. The first kappa shape index (κ1) is 22.2. The van der Waals surface area contributed by atoms with E-state index in [1.54, 1.807) is 0 Å². The van der Waals surface area contributed by atoms with Gasteiger partial charge in [0.15, 0.2) is 0 Å². The Morgan fingerprint density at radius 3 is 2.58 bits per heavy atom. The summed E-state index contributed by atoms with van der Waals surface area (Å²) in [5.41, 5.74) is 15.1. The van der Waals surface area contributed by atoms with Gasteiger partial charge in [0, 0.05) is 47.1 Å². The Hall–Kier alpha value is -3.98. The van der Waals surface area contributed by atoms with Gasteiger partial charge in [-0.05, 0) is 37.1 Å². The number of primary amides is 1. The Labute approximate surface area is 192 Å². The summed E-state index contributed by atoms with van der Waals surface area (Å²) in [4.78, 5) is 20.8. The smallest absolute Gasteiger partial charge is 0.254 e. The highest BCUT2D eigenvalue weighted by Crippen LogP contribution is 2.26. The molecule has 1 heterocycles. The lowest BCUT2D eigenvalue weighted by Gasteiger charge is -2.29. The van der Waals surface area contributed by atoms with Crippen LogP contribution >= 0.6 is 0 Å². The van der Waals surface area contributed by atoms with Crippen LogP contribution in [0.25, 0.3) is 0 Å². The van der Waals surface area contributed by atoms with E-state index < -0.39 is 5.91 Å². The first-order chi connectivity index (χ1) is 16.0. The number of nitrogens with zero attached hydrogens (tertiary/aromatic N) is 2. The van der Waals surface area contributed by atoms with Crippen LogP contribution in [-0.2, 0) is 0 Å². The summed E-state index contributed by atoms with van der Waals surface area (Å²) >= 11 is 0. The van der Waals surface area contributed by atoms with Gasteiger partial charge in [0.05, 0.1) is 0 Å². The molecule has 2 atom stereocenters. The Morgan fingerprint density at radius 1 is 1.06 bits per heavy atom. The van der Waals surface area contributed by atoms with E-state index >= 15 is 0 Å². The van der Waals surface area contributed by atoms with Crippen LogP contribution in [0.1, 0.15) is 41.6 Å². The summed E-state index contributed by atoms with van der Waals surface area (Å²) in [7, 11) is 0. The number of anilines is 5. The van der Waals surface area contributed by atoms with Gasteiger partial charge >= 0.3 is 0 Å². The number of benzene rings is 2. The molecular weight excluding hydrogens is 416 g/mol. The maximum absolute atomic E-state index is 12.0. The van der Waals surface area contributed by atoms with E-state index in [0.717, 1.165) is 42.6 Å². The van der Waals surface area contributed by atoms with Crippen molar-refractivity contribution in [2.45, 2.75) is 37.8 Å². The van der Waals surface area contributed by atoms with E-state index in [9.17, 15) is 4.79 Å². The molecule has 3 aromatic rings. The number of carbonyl (C=O) groups is 1. The van der Waals surface area contributed by atoms with Crippen molar-refractivity contribution in [2.24, 2.45) is 11.5 Å². The molecule has 1 saturated carbocycles. The molecule has 1 aliphatic rings. The Bertz CT molecular complexity index is 1150. The van der Waals surface area contributed by atoms with Crippen LogP contribution in [0.3, 0.4) is 0 Å². The third-order valence-corrected chi connectivity index (χ3v) is 5.71. The maximum atomic E-state index is 12.0. The molecule has 8 N–H and O–H groups in total. The second kappa shape index (κ2) is 10.1. The van der Waals surface area contributed by atoms with Gasteiger partial charge in [-0.25, -0.2) is 4.98 Å². The number of rotatable bonds is 8. The molecule has 0 unspecified atom stereocenters. The quantitative estimate of drug-likeness (QED) is 0.289. The largest absolute Gasteiger partial charge is 0.365 e. The molecule has 170 valence electrons. The van der Waals surface area contributed by atoms with Crippen molar-refractivity contribution in [1.29, 1.82) is 5.41 Å². The van der Waals surface area contributed by atoms with E-state index in [1.165, 1.54) is 12.4 Å². The fourth-order valence-corrected chi connectivity index (χ4v) is 3.94. The zero-order valence-corrected chi connectivity index (χ0v) is 18.2. The van der Waals surface area contributed by atoms with Crippen LogP contribution in [0.4, 0.5) is 28.8 Å². The van der Waals surface area contributed by atoms with Gasteiger partial charge in [0.2, 0.25) is 5.95 Å². The van der Waals surface area contributed by atoms with Crippen LogP contribution in [0.2, 0.25) is 0 Å². The van der Waals surface area contributed by atoms with Crippen molar-refractivity contribution >= 4 is 41.0 Å². The minimum Gasteiger partial charge on any atom is -0.365 e.